The van der Waals surface area contributed by atoms with E-state index < -0.39 is 10.0 Å². The molecule has 0 aliphatic rings. The molecule has 0 saturated heterocycles. The molecule has 0 aliphatic heterocycles. The Labute approximate surface area is 127 Å². The molecule has 0 bridgehead atoms. The predicted octanol–water partition coefficient (Wildman–Crippen LogP) is 3.46. The lowest BCUT2D eigenvalue weighted by Crippen LogP contribution is -2.10. The predicted molar refractivity (Wildman–Crippen MR) is 83.3 cm³/mol. The van der Waals surface area contributed by atoms with Crippen LogP contribution < -0.4 is 4.74 Å². The first-order chi connectivity index (χ1) is 10.1. The van der Waals surface area contributed by atoms with Gasteiger partial charge in [-0.3, -0.25) is 0 Å². The number of rotatable bonds is 4. The number of methoxy groups -OCH3 is 1. The molecule has 2 aromatic heterocycles. The van der Waals surface area contributed by atoms with E-state index in [1.54, 1.807) is 24.6 Å². The van der Waals surface area contributed by atoms with E-state index >= 15 is 0 Å². The third kappa shape index (κ3) is 2.48. The van der Waals surface area contributed by atoms with Crippen LogP contribution in [0.2, 0.25) is 0 Å². The SMILES string of the molecule is COc1ccc(-c2ccsc2S(=O)(=O)n2cccc2)cc1. The molecule has 3 aromatic rings. The molecule has 4 nitrogen and oxygen atoms in total. The minimum Gasteiger partial charge on any atom is -0.497 e. The summed E-state index contributed by atoms with van der Waals surface area (Å²) in [7, 11) is -1.94. The van der Waals surface area contributed by atoms with Crippen molar-refractivity contribution in [3.63, 3.8) is 0 Å². The number of ether oxygens (including phenoxy) is 1. The zero-order valence-electron chi connectivity index (χ0n) is 11.3. The van der Waals surface area contributed by atoms with Crippen LogP contribution in [-0.2, 0) is 10.0 Å². The molecular weight excluding hydrogens is 306 g/mol. The number of benzene rings is 1. The van der Waals surface area contributed by atoms with Crippen LogP contribution in [-0.4, -0.2) is 19.5 Å². The average Bonchev–Trinajstić information content (AvgIpc) is 3.19. The first-order valence-electron chi connectivity index (χ1n) is 6.23. The molecule has 0 spiro atoms. The van der Waals surface area contributed by atoms with Gasteiger partial charge in [0.15, 0.2) is 0 Å². The van der Waals surface area contributed by atoms with Crippen molar-refractivity contribution < 1.29 is 13.2 Å². The van der Waals surface area contributed by atoms with E-state index in [1.807, 2.05) is 30.3 Å². The van der Waals surface area contributed by atoms with Gasteiger partial charge in [-0.25, -0.2) is 3.97 Å². The number of hydrogen-bond donors (Lipinski definition) is 0. The third-order valence-corrected chi connectivity index (χ3v) is 6.23. The van der Waals surface area contributed by atoms with Crippen molar-refractivity contribution in [2.45, 2.75) is 4.21 Å². The fourth-order valence-corrected chi connectivity index (χ4v) is 4.72. The van der Waals surface area contributed by atoms with Crippen molar-refractivity contribution in [1.29, 1.82) is 0 Å². The average molecular weight is 319 g/mol. The number of aromatic nitrogens is 1. The van der Waals surface area contributed by atoms with Crippen molar-refractivity contribution in [3.05, 3.63) is 60.2 Å². The van der Waals surface area contributed by atoms with Gasteiger partial charge in [0.2, 0.25) is 0 Å². The van der Waals surface area contributed by atoms with E-state index in [9.17, 15) is 8.42 Å². The topological polar surface area (TPSA) is 48.3 Å². The van der Waals surface area contributed by atoms with Crippen molar-refractivity contribution >= 4 is 21.4 Å². The quantitative estimate of drug-likeness (QED) is 0.740. The number of nitrogens with zero attached hydrogens (tertiary/aromatic N) is 1. The first-order valence-corrected chi connectivity index (χ1v) is 8.55. The normalized spacial score (nSPS) is 11.5. The van der Waals surface area contributed by atoms with Gasteiger partial charge < -0.3 is 4.74 Å². The molecule has 0 amide bonds. The Balaban J connectivity index is 2.09. The summed E-state index contributed by atoms with van der Waals surface area (Å²) in [5, 5.41) is 1.79. The smallest absolute Gasteiger partial charge is 0.277 e. The highest BCUT2D eigenvalue weighted by atomic mass is 32.2. The van der Waals surface area contributed by atoms with Crippen LogP contribution in [0.5, 0.6) is 5.75 Å². The highest BCUT2D eigenvalue weighted by Gasteiger charge is 2.22. The Morgan fingerprint density at radius 3 is 2.33 bits per heavy atom. The van der Waals surface area contributed by atoms with Crippen molar-refractivity contribution in [1.82, 2.24) is 3.97 Å². The van der Waals surface area contributed by atoms with E-state index in [2.05, 4.69) is 0 Å². The van der Waals surface area contributed by atoms with E-state index in [-0.39, 0.29) is 0 Å². The lowest BCUT2D eigenvalue weighted by Gasteiger charge is -2.07. The summed E-state index contributed by atoms with van der Waals surface area (Å²) in [6.45, 7) is 0. The molecule has 21 heavy (non-hydrogen) atoms. The lowest BCUT2D eigenvalue weighted by atomic mass is 10.1. The van der Waals surface area contributed by atoms with Crippen molar-refractivity contribution in [2.24, 2.45) is 0 Å². The van der Waals surface area contributed by atoms with Gasteiger partial charge in [0.1, 0.15) is 9.96 Å². The standard InChI is InChI=1S/C15H13NO3S2/c1-19-13-6-4-12(5-7-13)14-8-11-20-15(14)21(17,18)16-9-2-3-10-16/h2-11H,1H3. The zero-order chi connectivity index (χ0) is 14.9. The summed E-state index contributed by atoms with van der Waals surface area (Å²) >= 11 is 1.22. The fraction of sp³-hybridized carbons (Fsp3) is 0.0667. The van der Waals surface area contributed by atoms with Gasteiger partial charge in [0.25, 0.3) is 10.0 Å². The van der Waals surface area contributed by atoms with E-state index in [4.69, 9.17) is 4.74 Å². The highest BCUT2D eigenvalue weighted by molar-refractivity contribution is 7.92. The Morgan fingerprint density at radius 1 is 1.05 bits per heavy atom. The number of thiophene rings is 1. The maximum Gasteiger partial charge on any atom is 0.277 e. The molecule has 0 unspecified atom stereocenters. The molecule has 0 N–H and O–H groups in total. The van der Waals surface area contributed by atoms with Crippen LogP contribution in [0.25, 0.3) is 11.1 Å². The summed E-state index contributed by atoms with van der Waals surface area (Å²) in [6.07, 6.45) is 3.07. The fourth-order valence-electron chi connectivity index (χ4n) is 2.05. The summed E-state index contributed by atoms with van der Waals surface area (Å²) in [4.78, 5) is 0. The summed E-state index contributed by atoms with van der Waals surface area (Å²) in [5.74, 6) is 0.740. The van der Waals surface area contributed by atoms with Gasteiger partial charge in [-0.2, -0.15) is 8.42 Å². The molecule has 108 valence electrons. The Kier molecular flexibility index (Phi) is 3.57. The Bertz CT molecular complexity index is 831. The minimum absolute atomic E-state index is 0.337. The molecule has 0 fully saturated rings. The Hall–Kier alpha value is -2.05. The second-order valence-corrected chi connectivity index (χ2v) is 7.32. The molecular formula is C15H13NO3S2. The van der Waals surface area contributed by atoms with Gasteiger partial charge in [0, 0.05) is 18.0 Å². The molecule has 3 rings (SSSR count). The van der Waals surface area contributed by atoms with Gasteiger partial charge >= 0.3 is 0 Å². The molecule has 0 atom stereocenters. The van der Waals surface area contributed by atoms with Crippen molar-refractivity contribution in [3.8, 4) is 16.9 Å². The molecule has 1 aromatic carbocycles. The summed E-state index contributed by atoms with van der Waals surface area (Å²) < 4.78 is 31.9. The maximum atomic E-state index is 12.6. The maximum absolute atomic E-state index is 12.6. The van der Waals surface area contributed by atoms with Crippen LogP contribution >= 0.6 is 11.3 Å². The second-order valence-electron chi connectivity index (χ2n) is 4.37. The molecule has 6 heteroatoms. The van der Waals surface area contributed by atoms with Crippen LogP contribution in [0.3, 0.4) is 0 Å². The van der Waals surface area contributed by atoms with E-state index in [0.717, 1.165) is 11.3 Å². The van der Waals surface area contributed by atoms with Crippen molar-refractivity contribution in [2.75, 3.05) is 7.11 Å². The first kappa shape index (κ1) is 13.9. The highest BCUT2D eigenvalue weighted by Crippen LogP contribution is 2.34. The van der Waals surface area contributed by atoms with Gasteiger partial charge in [0.05, 0.1) is 7.11 Å². The summed E-state index contributed by atoms with van der Waals surface area (Å²) in [5.41, 5.74) is 1.55. The van der Waals surface area contributed by atoms with Crippen LogP contribution in [0.15, 0.2) is 64.4 Å². The third-order valence-electron chi connectivity index (χ3n) is 3.12. The molecule has 0 saturated carbocycles. The lowest BCUT2D eigenvalue weighted by molar-refractivity contribution is 0.415. The van der Waals surface area contributed by atoms with E-state index in [0.29, 0.717) is 9.77 Å². The molecule has 2 heterocycles. The van der Waals surface area contributed by atoms with E-state index in [1.165, 1.54) is 27.7 Å². The van der Waals surface area contributed by atoms with Crippen LogP contribution in [0, 0.1) is 0 Å². The van der Waals surface area contributed by atoms with Crippen LogP contribution in [0.1, 0.15) is 0 Å². The number of hydrogen-bond acceptors (Lipinski definition) is 4. The minimum atomic E-state index is -3.54. The van der Waals surface area contributed by atoms with Gasteiger partial charge in [-0.15, -0.1) is 11.3 Å². The monoisotopic (exact) mass is 319 g/mol. The van der Waals surface area contributed by atoms with Gasteiger partial charge in [-0.1, -0.05) is 12.1 Å². The molecule has 0 radical (unpaired) electrons. The Morgan fingerprint density at radius 2 is 1.71 bits per heavy atom. The second kappa shape index (κ2) is 5.38. The largest absolute Gasteiger partial charge is 0.497 e. The van der Waals surface area contributed by atoms with Gasteiger partial charge in [-0.05, 0) is 41.3 Å². The van der Waals surface area contributed by atoms with Crippen LogP contribution in [0.4, 0.5) is 0 Å². The summed E-state index contributed by atoms with van der Waals surface area (Å²) in [6, 6.07) is 12.6. The zero-order valence-corrected chi connectivity index (χ0v) is 12.9. The molecule has 0 aliphatic carbocycles.